The van der Waals surface area contributed by atoms with Crippen molar-refractivity contribution >= 4 is 22.7 Å². The summed E-state index contributed by atoms with van der Waals surface area (Å²) in [5.41, 5.74) is 2.55. The number of hydrogen-bond donors (Lipinski definition) is 2. The van der Waals surface area contributed by atoms with Crippen LogP contribution in [0.1, 0.15) is 22.3 Å². The van der Waals surface area contributed by atoms with E-state index in [1.54, 1.807) is 38.1 Å². The molecule has 0 atom stereocenters. The highest BCUT2D eigenvalue weighted by Gasteiger charge is 2.28. The van der Waals surface area contributed by atoms with Gasteiger partial charge in [0, 0.05) is 11.1 Å². The number of carbonyl (C=O) groups is 2. The molecular weight excluding hydrogens is 304 g/mol. The number of phenols is 2. The lowest BCUT2D eigenvalue weighted by Gasteiger charge is -2.19. The first-order valence-corrected chi connectivity index (χ1v) is 7.50. The molecule has 4 heteroatoms. The highest BCUT2D eigenvalue weighted by Crippen LogP contribution is 2.37. The van der Waals surface area contributed by atoms with Crippen LogP contribution in [0.15, 0.2) is 48.6 Å². The molecule has 2 aromatic rings. The van der Waals surface area contributed by atoms with Crippen LogP contribution >= 0.6 is 0 Å². The van der Waals surface area contributed by atoms with Crippen LogP contribution < -0.4 is 0 Å². The van der Waals surface area contributed by atoms with Gasteiger partial charge in [-0.05, 0) is 60.4 Å². The average molecular weight is 320 g/mol. The lowest BCUT2D eigenvalue weighted by Crippen LogP contribution is -2.14. The molecule has 0 spiro atoms. The summed E-state index contributed by atoms with van der Waals surface area (Å²) in [6.07, 6.45) is 2.48. The second-order valence-electron chi connectivity index (χ2n) is 5.71. The van der Waals surface area contributed by atoms with Gasteiger partial charge in [-0.3, -0.25) is 9.59 Å². The number of benzene rings is 2. The zero-order valence-corrected chi connectivity index (χ0v) is 13.3. The van der Waals surface area contributed by atoms with Gasteiger partial charge >= 0.3 is 0 Å². The van der Waals surface area contributed by atoms with Crippen molar-refractivity contribution in [3.05, 3.63) is 70.8 Å². The van der Waals surface area contributed by atoms with E-state index in [0.29, 0.717) is 22.3 Å². The minimum atomic E-state index is -0.305. The summed E-state index contributed by atoms with van der Waals surface area (Å²) in [4.78, 5) is 25.1. The normalized spacial score (nSPS) is 14.4. The average Bonchev–Trinajstić information content (AvgIpc) is 2.55. The van der Waals surface area contributed by atoms with Crippen molar-refractivity contribution in [2.24, 2.45) is 0 Å². The van der Waals surface area contributed by atoms with E-state index >= 15 is 0 Å². The van der Waals surface area contributed by atoms with E-state index in [0.717, 1.165) is 0 Å². The molecule has 0 heterocycles. The molecule has 0 fully saturated rings. The van der Waals surface area contributed by atoms with Crippen molar-refractivity contribution < 1.29 is 19.8 Å². The number of phenolic OH excluding ortho intramolecular Hbond substituents is 2. The van der Waals surface area contributed by atoms with Crippen LogP contribution in [0.4, 0.5) is 0 Å². The van der Waals surface area contributed by atoms with Crippen LogP contribution in [0.3, 0.4) is 0 Å². The largest absolute Gasteiger partial charge is 0.508 e. The van der Waals surface area contributed by atoms with Crippen molar-refractivity contribution in [1.82, 2.24) is 0 Å². The standard InChI is InChI=1S/C20H16O4/c1-11-13(5-3-7-15(11)21)19-17(23)9-10-18(24)20(19)14-6-4-8-16(22)12(14)2/h3-10,21-22H,1-2H3. The molecule has 3 rings (SSSR count). The molecule has 24 heavy (non-hydrogen) atoms. The smallest absolute Gasteiger partial charge is 0.187 e. The molecule has 120 valence electrons. The van der Waals surface area contributed by atoms with Gasteiger partial charge in [-0.1, -0.05) is 24.3 Å². The Morgan fingerprint density at radius 2 is 1.04 bits per heavy atom. The number of carbonyl (C=O) groups excluding carboxylic acids is 2. The molecule has 0 aliphatic heterocycles. The van der Waals surface area contributed by atoms with Gasteiger partial charge in [0.15, 0.2) is 11.6 Å². The number of aromatic hydroxyl groups is 2. The monoisotopic (exact) mass is 320 g/mol. The minimum absolute atomic E-state index is 0.0572. The zero-order chi connectivity index (χ0) is 17.4. The maximum absolute atomic E-state index is 12.5. The van der Waals surface area contributed by atoms with E-state index in [1.807, 2.05) is 0 Å². The fourth-order valence-corrected chi connectivity index (χ4v) is 2.89. The van der Waals surface area contributed by atoms with E-state index in [1.165, 1.54) is 24.3 Å². The van der Waals surface area contributed by atoms with Crippen LogP contribution in [-0.2, 0) is 9.59 Å². The summed E-state index contributed by atoms with van der Waals surface area (Å²) in [7, 11) is 0. The van der Waals surface area contributed by atoms with Gasteiger partial charge in [-0.2, -0.15) is 0 Å². The van der Waals surface area contributed by atoms with Crippen molar-refractivity contribution in [2.75, 3.05) is 0 Å². The number of allylic oxidation sites excluding steroid dienone is 4. The van der Waals surface area contributed by atoms with Crippen LogP contribution in [-0.4, -0.2) is 21.8 Å². The Labute approximate surface area is 139 Å². The number of rotatable bonds is 2. The first-order valence-electron chi connectivity index (χ1n) is 7.50. The Kier molecular flexibility index (Phi) is 3.81. The molecule has 1 aliphatic carbocycles. The first-order chi connectivity index (χ1) is 11.4. The SMILES string of the molecule is Cc1c(O)cccc1C1=C(c2cccc(O)c2C)C(=O)C=CC1=O. The molecule has 2 N–H and O–H groups in total. The van der Waals surface area contributed by atoms with Crippen molar-refractivity contribution in [3.8, 4) is 11.5 Å². The second kappa shape index (κ2) is 5.81. The summed E-state index contributed by atoms with van der Waals surface area (Å²) >= 11 is 0. The minimum Gasteiger partial charge on any atom is -0.508 e. The first kappa shape index (κ1) is 15.7. The summed E-state index contributed by atoms with van der Waals surface area (Å²) < 4.78 is 0. The summed E-state index contributed by atoms with van der Waals surface area (Å²) in [5, 5.41) is 19.9. The lowest BCUT2D eigenvalue weighted by atomic mass is 9.83. The molecule has 0 radical (unpaired) electrons. The molecular formula is C20H16O4. The lowest BCUT2D eigenvalue weighted by molar-refractivity contribution is -0.112. The van der Waals surface area contributed by atoms with Gasteiger partial charge in [-0.15, -0.1) is 0 Å². The van der Waals surface area contributed by atoms with Crippen LogP contribution in [0, 0.1) is 13.8 Å². The van der Waals surface area contributed by atoms with Gasteiger partial charge in [0.05, 0.1) is 0 Å². The fraction of sp³-hybridized carbons (Fsp3) is 0.100. The molecule has 2 aromatic carbocycles. The third-order valence-corrected chi connectivity index (χ3v) is 4.28. The fourth-order valence-electron chi connectivity index (χ4n) is 2.89. The topological polar surface area (TPSA) is 74.6 Å². The summed E-state index contributed by atoms with van der Waals surface area (Å²) in [6, 6.07) is 9.73. The third-order valence-electron chi connectivity index (χ3n) is 4.28. The summed E-state index contributed by atoms with van der Waals surface area (Å²) in [6.45, 7) is 3.39. The van der Waals surface area contributed by atoms with Gasteiger partial charge in [0.2, 0.25) is 0 Å². The second-order valence-corrected chi connectivity index (χ2v) is 5.71. The van der Waals surface area contributed by atoms with Gasteiger partial charge in [0.1, 0.15) is 11.5 Å². The predicted octanol–water partition coefficient (Wildman–Crippen LogP) is 3.33. The van der Waals surface area contributed by atoms with E-state index in [2.05, 4.69) is 0 Å². The van der Waals surface area contributed by atoms with Crippen LogP contribution in [0.5, 0.6) is 11.5 Å². The van der Waals surface area contributed by atoms with Crippen molar-refractivity contribution in [2.45, 2.75) is 13.8 Å². The van der Waals surface area contributed by atoms with Gasteiger partial charge in [-0.25, -0.2) is 0 Å². The predicted molar refractivity (Wildman–Crippen MR) is 91.7 cm³/mol. The van der Waals surface area contributed by atoms with Crippen molar-refractivity contribution in [1.29, 1.82) is 0 Å². The van der Waals surface area contributed by atoms with Crippen molar-refractivity contribution in [3.63, 3.8) is 0 Å². The third kappa shape index (κ3) is 2.42. The Hall–Kier alpha value is -3.14. The van der Waals surface area contributed by atoms with Crippen LogP contribution in [0.2, 0.25) is 0 Å². The highest BCUT2D eigenvalue weighted by molar-refractivity contribution is 6.48. The maximum atomic E-state index is 12.5. The van der Waals surface area contributed by atoms with Gasteiger partial charge in [0.25, 0.3) is 0 Å². The highest BCUT2D eigenvalue weighted by atomic mass is 16.3. The molecule has 0 unspecified atom stereocenters. The Morgan fingerprint density at radius 3 is 1.42 bits per heavy atom. The Bertz CT molecular complexity index is 857. The molecule has 1 aliphatic rings. The zero-order valence-electron chi connectivity index (χ0n) is 13.3. The molecule has 0 saturated carbocycles. The Balaban J connectivity index is 2.39. The molecule has 0 amide bonds. The number of hydrogen-bond acceptors (Lipinski definition) is 4. The van der Waals surface area contributed by atoms with E-state index in [9.17, 15) is 19.8 Å². The van der Waals surface area contributed by atoms with E-state index in [-0.39, 0.29) is 34.2 Å². The Morgan fingerprint density at radius 1 is 0.667 bits per heavy atom. The number of ketones is 2. The maximum Gasteiger partial charge on any atom is 0.187 e. The van der Waals surface area contributed by atoms with Crippen LogP contribution in [0.25, 0.3) is 11.1 Å². The molecule has 4 nitrogen and oxygen atoms in total. The van der Waals surface area contributed by atoms with E-state index in [4.69, 9.17) is 0 Å². The van der Waals surface area contributed by atoms with Gasteiger partial charge < -0.3 is 10.2 Å². The van der Waals surface area contributed by atoms with E-state index < -0.39 is 0 Å². The molecule has 0 bridgehead atoms. The molecule has 0 aromatic heterocycles. The molecule has 0 saturated heterocycles. The quantitative estimate of drug-likeness (QED) is 0.832. The summed E-state index contributed by atoms with van der Waals surface area (Å²) in [5.74, 6) is -0.495.